The van der Waals surface area contributed by atoms with Crippen LogP contribution in [0, 0.1) is 11.8 Å². The van der Waals surface area contributed by atoms with Crippen LogP contribution >= 0.6 is 0 Å². The molecule has 0 aromatic heterocycles. The highest BCUT2D eigenvalue weighted by atomic mass is 16.2. The Hall–Kier alpha value is -0.610. The number of carbonyl (C=O) groups excluding carboxylic acids is 1. The standard InChI is InChI=1S/C16H29N3O/c17-11-12-5-1-2-6-13(12)16(20)18-14-8-10-19-9-4-3-7-15(14)19/h12-15H,1-11,17H2,(H,18,20). The van der Waals surface area contributed by atoms with Crippen LogP contribution in [-0.2, 0) is 4.79 Å². The van der Waals surface area contributed by atoms with Crippen LogP contribution in [0.4, 0.5) is 0 Å². The number of rotatable bonds is 3. The largest absolute Gasteiger partial charge is 0.351 e. The van der Waals surface area contributed by atoms with Crippen molar-refractivity contribution in [1.29, 1.82) is 0 Å². The van der Waals surface area contributed by atoms with Crippen LogP contribution in [0.15, 0.2) is 0 Å². The zero-order valence-electron chi connectivity index (χ0n) is 12.5. The SMILES string of the molecule is NCC1CCCCC1C(=O)NC1CCN2CCCCC12. The van der Waals surface area contributed by atoms with Crippen LogP contribution in [0.5, 0.6) is 0 Å². The van der Waals surface area contributed by atoms with Crippen molar-refractivity contribution in [3.05, 3.63) is 0 Å². The molecule has 0 aromatic rings. The molecule has 1 aliphatic carbocycles. The summed E-state index contributed by atoms with van der Waals surface area (Å²) in [7, 11) is 0. The molecular weight excluding hydrogens is 250 g/mol. The van der Waals surface area contributed by atoms with Crippen LogP contribution in [0.3, 0.4) is 0 Å². The fourth-order valence-corrected chi connectivity index (χ4v) is 4.54. The van der Waals surface area contributed by atoms with Gasteiger partial charge >= 0.3 is 0 Å². The minimum Gasteiger partial charge on any atom is -0.351 e. The van der Waals surface area contributed by atoms with Crippen molar-refractivity contribution in [2.75, 3.05) is 19.6 Å². The second-order valence-corrected chi connectivity index (χ2v) is 6.89. The molecule has 1 amide bonds. The van der Waals surface area contributed by atoms with Gasteiger partial charge in [-0.3, -0.25) is 9.69 Å². The van der Waals surface area contributed by atoms with Crippen LogP contribution < -0.4 is 11.1 Å². The summed E-state index contributed by atoms with van der Waals surface area (Å²) in [6, 6.07) is 0.996. The fraction of sp³-hybridized carbons (Fsp3) is 0.938. The maximum Gasteiger partial charge on any atom is 0.223 e. The van der Waals surface area contributed by atoms with Crippen molar-refractivity contribution < 1.29 is 4.79 Å². The lowest BCUT2D eigenvalue weighted by Gasteiger charge is -2.34. The van der Waals surface area contributed by atoms with Gasteiger partial charge in [-0.1, -0.05) is 19.3 Å². The predicted molar refractivity (Wildman–Crippen MR) is 80.3 cm³/mol. The number of piperidine rings is 1. The molecule has 0 bridgehead atoms. The molecular formula is C16H29N3O. The summed E-state index contributed by atoms with van der Waals surface area (Å²) in [4.78, 5) is 15.2. The highest BCUT2D eigenvalue weighted by Crippen LogP contribution is 2.31. The van der Waals surface area contributed by atoms with Crippen molar-refractivity contribution >= 4 is 5.91 Å². The van der Waals surface area contributed by atoms with E-state index in [1.807, 2.05) is 0 Å². The average Bonchev–Trinajstić information content (AvgIpc) is 2.90. The van der Waals surface area contributed by atoms with Crippen molar-refractivity contribution in [2.45, 2.75) is 63.5 Å². The molecule has 114 valence electrons. The number of hydrogen-bond acceptors (Lipinski definition) is 3. The fourth-order valence-electron chi connectivity index (χ4n) is 4.54. The summed E-state index contributed by atoms with van der Waals surface area (Å²) in [5, 5.41) is 3.38. The van der Waals surface area contributed by atoms with E-state index in [0.717, 1.165) is 19.3 Å². The maximum atomic E-state index is 12.6. The van der Waals surface area contributed by atoms with Gasteiger partial charge in [0.15, 0.2) is 0 Å². The predicted octanol–water partition coefficient (Wildman–Crippen LogP) is 1.49. The van der Waals surface area contributed by atoms with Gasteiger partial charge in [-0.2, -0.15) is 0 Å². The lowest BCUT2D eigenvalue weighted by Crippen LogP contribution is -2.50. The van der Waals surface area contributed by atoms with Gasteiger partial charge in [-0.15, -0.1) is 0 Å². The van der Waals surface area contributed by atoms with E-state index in [2.05, 4.69) is 10.2 Å². The number of carbonyl (C=O) groups is 1. The second-order valence-electron chi connectivity index (χ2n) is 6.89. The van der Waals surface area contributed by atoms with Gasteiger partial charge in [0.1, 0.15) is 0 Å². The Labute approximate surface area is 122 Å². The minimum atomic E-state index is 0.173. The van der Waals surface area contributed by atoms with Gasteiger partial charge in [0.05, 0.1) is 0 Å². The van der Waals surface area contributed by atoms with Crippen molar-refractivity contribution in [1.82, 2.24) is 10.2 Å². The first-order chi connectivity index (χ1) is 9.79. The molecule has 2 heterocycles. The molecule has 2 saturated heterocycles. The molecule has 3 rings (SSSR count). The molecule has 4 unspecified atom stereocenters. The summed E-state index contributed by atoms with van der Waals surface area (Å²) in [5.41, 5.74) is 5.86. The van der Waals surface area contributed by atoms with E-state index in [9.17, 15) is 4.79 Å². The molecule has 20 heavy (non-hydrogen) atoms. The van der Waals surface area contributed by atoms with Gasteiger partial charge in [-0.25, -0.2) is 0 Å². The van der Waals surface area contributed by atoms with Crippen molar-refractivity contribution in [2.24, 2.45) is 17.6 Å². The van der Waals surface area contributed by atoms with Crippen LogP contribution in [0.25, 0.3) is 0 Å². The van der Waals surface area contributed by atoms with Crippen LogP contribution in [0.1, 0.15) is 51.4 Å². The summed E-state index contributed by atoms with van der Waals surface area (Å²) < 4.78 is 0. The van der Waals surface area contributed by atoms with Gasteiger partial charge in [0.25, 0.3) is 0 Å². The normalized spacial score (nSPS) is 38.5. The lowest BCUT2D eigenvalue weighted by atomic mass is 9.78. The molecule has 3 N–H and O–H groups in total. The zero-order valence-corrected chi connectivity index (χ0v) is 12.5. The molecule has 0 radical (unpaired) electrons. The molecule has 2 aliphatic heterocycles. The molecule has 4 atom stereocenters. The number of hydrogen-bond donors (Lipinski definition) is 2. The van der Waals surface area contributed by atoms with E-state index >= 15 is 0 Å². The average molecular weight is 279 g/mol. The number of nitrogens with one attached hydrogen (secondary N) is 1. The van der Waals surface area contributed by atoms with E-state index in [1.165, 1.54) is 45.2 Å². The Kier molecular flexibility index (Phi) is 4.61. The highest BCUT2D eigenvalue weighted by Gasteiger charge is 2.38. The Bertz CT molecular complexity index is 347. The van der Waals surface area contributed by atoms with E-state index in [1.54, 1.807) is 0 Å². The second kappa shape index (κ2) is 6.44. The van der Waals surface area contributed by atoms with Crippen molar-refractivity contribution in [3.8, 4) is 0 Å². The number of amides is 1. The van der Waals surface area contributed by atoms with Gasteiger partial charge < -0.3 is 11.1 Å². The topological polar surface area (TPSA) is 58.4 Å². The molecule has 4 nitrogen and oxygen atoms in total. The Morgan fingerprint density at radius 2 is 1.85 bits per heavy atom. The molecule has 1 saturated carbocycles. The van der Waals surface area contributed by atoms with E-state index in [0.29, 0.717) is 24.5 Å². The third-order valence-corrected chi connectivity index (χ3v) is 5.73. The Morgan fingerprint density at radius 1 is 1.05 bits per heavy atom. The molecule has 0 aromatic carbocycles. The highest BCUT2D eigenvalue weighted by molar-refractivity contribution is 5.79. The molecule has 3 fully saturated rings. The number of fused-ring (bicyclic) bond motifs is 1. The first-order valence-electron chi connectivity index (χ1n) is 8.54. The molecule has 4 heteroatoms. The van der Waals surface area contributed by atoms with E-state index in [4.69, 9.17) is 5.73 Å². The smallest absolute Gasteiger partial charge is 0.223 e. The maximum absolute atomic E-state index is 12.6. The number of nitrogens with zero attached hydrogens (tertiary/aromatic N) is 1. The monoisotopic (exact) mass is 279 g/mol. The van der Waals surface area contributed by atoms with Crippen LogP contribution in [0.2, 0.25) is 0 Å². The first kappa shape index (κ1) is 14.3. The number of nitrogens with two attached hydrogens (primary N) is 1. The molecule has 3 aliphatic rings. The quantitative estimate of drug-likeness (QED) is 0.823. The summed E-state index contributed by atoms with van der Waals surface area (Å²) >= 11 is 0. The zero-order chi connectivity index (χ0) is 13.9. The minimum absolute atomic E-state index is 0.173. The molecule has 0 spiro atoms. The van der Waals surface area contributed by atoms with Crippen molar-refractivity contribution in [3.63, 3.8) is 0 Å². The Morgan fingerprint density at radius 3 is 2.70 bits per heavy atom. The van der Waals surface area contributed by atoms with Gasteiger partial charge in [0, 0.05) is 24.5 Å². The van der Waals surface area contributed by atoms with E-state index in [-0.39, 0.29) is 11.8 Å². The first-order valence-corrected chi connectivity index (χ1v) is 8.54. The summed E-state index contributed by atoms with van der Waals surface area (Å²) in [5.74, 6) is 0.872. The third-order valence-electron chi connectivity index (χ3n) is 5.73. The third kappa shape index (κ3) is 2.86. The Balaban J connectivity index is 1.58. The summed E-state index contributed by atoms with van der Waals surface area (Å²) in [6.07, 6.45) is 9.65. The van der Waals surface area contributed by atoms with Crippen LogP contribution in [-0.4, -0.2) is 42.5 Å². The van der Waals surface area contributed by atoms with E-state index < -0.39 is 0 Å². The lowest BCUT2D eigenvalue weighted by molar-refractivity contribution is -0.128. The summed E-state index contributed by atoms with van der Waals surface area (Å²) in [6.45, 7) is 3.06. The van der Waals surface area contributed by atoms with Gasteiger partial charge in [0.2, 0.25) is 5.91 Å². The van der Waals surface area contributed by atoms with Gasteiger partial charge in [-0.05, 0) is 51.1 Å².